The van der Waals surface area contributed by atoms with Crippen LogP contribution in [0.2, 0.25) is 0 Å². The molecule has 7 heteroatoms. The number of nitrogen functional groups attached to an aromatic ring is 1. The van der Waals surface area contributed by atoms with Gasteiger partial charge in [-0.15, -0.1) is 0 Å². The molecule has 6 rings (SSSR count). The predicted molar refractivity (Wildman–Crippen MR) is 141 cm³/mol. The van der Waals surface area contributed by atoms with E-state index in [1.807, 2.05) is 54.9 Å². The van der Waals surface area contributed by atoms with Crippen molar-refractivity contribution in [3.63, 3.8) is 0 Å². The third-order valence-electron chi connectivity index (χ3n) is 7.37. The van der Waals surface area contributed by atoms with E-state index in [-0.39, 0.29) is 18.3 Å². The summed E-state index contributed by atoms with van der Waals surface area (Å²) < 4.78 is 1.73. The van der Waals surface area contributed by atoms with Gasteiger partial charge in [-0.2, -0.15) is 9.61 Å². The molecule has 0 atom stereocenters. The molecule has 0 spiro atoms. The smallest absolute Gasteiger partial charge is 0.303 e. The number of nitrogens with two attached hydrogens (primary N) is 1. The number of anilines is 1. The Morgan fingerprint density at radius 2 is 1.72 bits per heavy atom. The molecule has 0 amide bonds. The Hall–Kier alpha value is -4.26. The van der Waals surface area contributed by atoms with Crippen LogP contribution >= 0.6 is 0 Å². The van der Waals surface area contributed by atoms with E-state index < -0.39 is 5.97 Å². The van der Waals surface area contributed by atoms with Crippen LogP contribution in [-0.2, 0) is 4.79 Å². The van der Waals surface area contributed by atoms with Crippen LogP contribution in [0.5, 0.6) is 0 Å². The van der Waals surface area contributed by atoms with E-state index >= 15 is 0 Å². The summed E-state index contributed by atoms with van der Waals surface area (Å²) in [5.74, 6) is 0.262. The number of carboxylic acid groups (broad SMARTS) is 1. The van der Waals surface area contributed by atoms with Crippen molar-refractivity contribution in [2.24, 2.45) is 5.92 Å². The van der Waals surface area contributed by atoms with Gasteiger partial charge < -0.3 is 10.8 Å². The minimum atomic E-state index is -0.722. The molecular formula is C29H27N5O2. The zero-order valence-electron chi connectivity index (χ0n) is 19.8. The molecule has 1 aliphatic rings. The summed E-state index contributed by atoms with van der Waals surface area (Å²) in [4.78, 5) is 21.1. The fourth-order valence-electron chi connectivity index (χ4n) is 5.54. The van der Waals surface area contributed by atoms with Crippen molar-refractivity contribution in [2.75, 3.05) is 5.73 Å². The standard InChI is InChI=1S/C29H27N5O2/c30-28-26(19-6-2-1-3-7-19)27(20-12-10-18(11-13-20)14-25(35)36)33-29-23(17-32-34(28)29)22-15-21-8-4-5-9-24(21)31-16-22/h1-9,15-18,20H,10-14,30H2,(H,35,36). The lowest BCUT2D eigenvalue weighted by atomic mass is 9.77. The quantitative estimate of drug-likeness (QED) is 0.324. The fourth-order valence-corrected chi connectivity index (χ4v) is 5.54. The van der Waals surface area contributed by atoms with E-state index in [9.17, 15) is 9.90 Å². The highest BCUT2D eigenvalue weighted by Crippen LogP contribution is 2.43. The van der Waals surface area contributed by atoms with E-state index in [0.717, 1.165) is 64.5 Å². The van der Waals surface area contributed by atoms with Crippen LogP contribution in [0.3, 0.4) is 0 Å². The number of aliphatic carboxylic acids is 1. The van der Waals surface area contributed by atoms with Gasteiger partial charge in [0.15, 0.2) is 5.65 Å². The predicted octanol–water partition coefficient (Wildman–Crippen LogP) is 5.94. The van der Waals surface area contributed by atoms with E-state index in [1.165, 1.54) is 0 Å². The summed E-state index contributed by atoms with van der Waals surface area (Å²) in [7, 11) is 0. The highest BCUT2D eigenvalue weighted by Gasteiger charge is 2.29. The number of para-hydroxylation sites is 1. The number of pyridine rings is 1. The average Bonchev–Trinajstić information content (AvgIpc) is 3.33. The lowest BCUT2D eigenvalue weighted by Gasteiger charge is -2.29. The zero-order chi connectivity index (χ0) is 24.6. The Morgan fingerprint density at radius 3 is 2.50 bits per heavy atom. The van der Waals surface area contributed by atoms with Gasteiger partial charge in [0.1, 0.15) is 5.82 Å². The molecule has 0 bridgehead atoms. The Bertz CT molecular complexity index is 1570. The van der Waals surface area contributed by atoms with Gasteiger partial charge in [-0.05, 0) is 49.3 Å². The maximum atomic E-state index is 11.2. The summed E-state index contributed by atoms with van der Waals surface area (Å²) in [6.07, 6.45) is 7.43. The first kappa shape index (κ1) is 22.2. The van der Waals surface area contributed by atoms with Gasteiger partial charge in [-0.25, -0.2) is 4.98 Å². The first-order valence-corrected chi connectivity index (χ1v) is 12.4. The fraction of sp³-hybridized carbons (Fsp3) is 0.241. The second kappa shape index (κ2) is 9.07. The molecule has 3 heterocycles. The minimum absolute atomic E-state index is 0.204. The molecule has 1 aliphatic carbocycles. The first-order chi connectivity index (χ1) is 17.6. The Kier molecular flexibility index (Phi) is 5.60. The van der Waals surface area contributed by atoms with Crippen LogP contribution in [0.4, 0.5) is 5.82 Å². The van der Waals surface area contributed by atoms with Gasteiger partial charge in [-0.3, -0.25) is 9.78 Å². The van der Waals surface area contributed by atoms with Crippen molar-refractivity contribution in [1.29, 1.82) is 0 Å². The summed E-state index contributed by atoms with van der Waals surface area (Å²) in [5.41, 5.74) is 13.2. The summed E-state index contributed by atoms with van der Waals surface area (Å²) in [6, 6.07) is 20.2. The molecular weight excluding hydrogens is 450 g/mol. The summed E-state index contributed by atoms with van der Waals surface area (Å²) in [6.45, 7) is 0. The molecule has 1 fully saturated rings. The number of rotatable bonds is 5. The molecule has 3 aromatic heterocycles. The molecule has 0 unspecified atom stereocenters. The van der Waals surface area contributed by atoms with E-state index in [4.69, 9.17) is 10.7 Å². The summed E-state index contributed by atoms with van der Waals surface area (Å²) in [5, 5.41) is 14.9. The van der Waals surface area contributed by atoms with Gasteiger partial charge in [-0.1, -0.05) is 48.5 Å². The number of aromatic nitrogens is 4. The van der Waals surface area contributed by atoms with Crippen molar-refractivity contribution in [3.8, 4) is 22.3 Å². The molecule has 0 saturated heterocycles. The Balaban J connectivity index is 1.49. The highest BCUT2D eigenvalue weighted by molar-refractivity contribution is 5.88. The average molecular weight is 478 g/mol. The van der Waals surface area contributed by atoms with Crippen LogP contribution in [0.15, 0.2) is 73.1 Å². The molecule has 2 aromatic carbocycles. The first-order valence-electron chi connectivity index (χ1n) is 12.4. The second-order valence-electron chi connectivity index (χ2n) is 9.65. The molecule has 7 nitrogen and oxygen atoms in total. The van der Waals surface area contributed by atoms with Crippen molar-refractivity contribution in [1.82, 2.24) is 19.6 Å². The van der Waals surface area contributed by atoms with Gasteiger partial charge in [0.2, 0.25) is 0 Å². The molecule has 1 saturated carbocycles. The zero-order valence-corrected chi connectivity index (χ0v) is 19.8. The number of nitrogens with zero attached hydrogens (tertiary/aromatic N) is 4. The van der Waals surface area contributed by atoms with Crippen LogP contribution in [0.1, 0.15) is 43.7 Å². The second-order valence-corrected chi connectivity index (χ2v) is 9.65. The normalized spacial score (nSPS) is 18.0. The van der Waals surface area contributed by atoms with Crippen molar-refractivity contribution < 1.29 is 9.90 Å². The van der Waals surface area contributed by atoms with Crippen LogP contribution in [0, 0.1) is 5.92 Å². The summed E-state index contributed by atoms with van der Waals surface area (Å²) >= 11 is 0. The lowest BCUT2D eigenvalue weighted by Crippen LogP contribution is -2.19. The molecule has 36 heavy (non-hydrogen) atoms. The van der Waals surface area contributed by atoms with Crippen molar-refractivity contribution >= 4 is 28.3 Å². The number of hydrogen-bond acceptors (Lipinski definition) is 5. The van der Waals surface area contributed by atoms with Crippen LogP contribution in [-0.4, -0.2) is 30.7 Å². The van der Waals surface area contributed by atoms with Gasteiger partial charge in [0.05, 0.1) is 17.4 Å². The minimum Gasteiger partial charge on any atom is -0.481 e. The number of hydrogen-bond donors (Lipinski definition) is 2. The number of benzene rings is 2. The monoisotopic (exact) mass is 477 g/mol. The van der Waals surface area contributed by atoms with Crippen LogP contribution < -0.4 is 5.73 Å². The Morgan fingerprint density at radius 1 is 0.972 bits per heavy atom. The van der Waals surface area contributed by atoms with E-state index in [2.05, 4.69) is 28.3 Å². The molecule has 0 aliphatic heterocycles. The lowest BCUT2D eigenvalue weighted by molar-refractivity contribution is -0.138. The highest BCUT2D eigenvalue weighted by atomic mass is 16.4. The molecule has 3 N–H and O–H groups in total. The number of fused-ring (bicyclic) bond motifs is 2. The van der Waals surface area contributed by atoms with E-state index in [1.54, 1.807) is 4.52 Å². The third-order valence-corrected chi connectivity index (χ3v) is 7.37. The van der Waals surface area contributed by atoms with Gasteiger partial charge in [0.25, 0.3) is 0 Å². The van der Waals surface area contributed by atoms with Crippen molar-refractivity contribution in [3.05, 3.63) is 78.8 Å². The van der Waals surface area contributed by atoms with Crippen molar-refractivity contribution in [2.45, 2.75) is 38.0 Å². The third kappa shape index (κ3) is 3.96. The maximum absolute atomic E-state index is 11.2. The maximum Gasteiger partial charge on any atom is 0.303 e. The van der Waals surface area contributed by atoms with Gasteiger partial charge in [0, 0.05) is 40.6 Å². The molecule has 0 radical (unpaired) electrons. The largest absolute Gasteiger partial charge is 0.481 e. The topological polar surface area (TPSA) is 106 Å². The SMILES string of the molecule is Nc1c(-c2ccccc2)c(C2CCC(CC(=O)O)CC2)nc2c(-c3cnc4ccccc4c3)cnn12. The number of carbonyl (C=O) groups is 1. The molecule has 5 aromatic rings. The van der Waals surface area contributed by atoms with Gasteiger partial charge >= 0.3 is 5.97 Å². The number of carboxylic acids is 1. The molecule has 180 valence electrons. The Labute approximate surface area is 208 Å². The van der Waals surface area contributed by atoms with E-state index in [0.29, 0.717) is 11.5 Å². The van der Waals surface area contributed by atoms with Crippen LogP contribution in [0.25, 0.3) is 38.8 Å².